The van der Waals surface area contributed by atoms with Crippen LogP contribution >= 0.6 is 0 Å². The maximum absolute atomic E-state index is 12.2. The summed E-state index contributed by atoms with van der Waals surface area (Å²) >= 11 is 0. The molecule has 0 bridgehead atoms. The second kappa shape index (κ2) is 7.11. The summed E-state index contributed by atoms with van der Waals surface area (Å²) in [6.07, 6.45) is 0.816. The van der Waals surface area contributed by atoms with Crippen LogP contribution in [-0.4, -0.2) is 50.8 Å². The second-order valence-corrected chi connectivity index (χ2v) is 7.22. The third-order valence-corrected chi connectivity index (χ3v) is 5.54. The van der Waals surface area contributed by atoms with Crippen LogP contribution in [0.5, 0.6) is 0 Å². The molecule has 5 atom stereocenters. The lowest BCUT2D eigenvalue weighted by Crippen LogP contribution is -2.35. The molecule has 0 heterocycles. The summed E-state index contributed by atoms with van der Waals surface area (Å²) in [4.78, 5) is 12.9. The Bertz CT molecular complexity index is 281. The largest absolute Gasteiger partial charge is 0.481 e. The molecular weight excluding hydrogens is 238 g/mol. The van der Waals surface area contributed by atoms with Gasteiger partial charge in [0.25, 0.3) is 0 Å². The quantitative estimate of drug-likeness (QED) is 0.757. The van der Waals surface area contributed by atoms with Crippen molar-refractivity contribution in [3.8, 4) is 0 Å². The third-order valence-electron chi connectivity index (χ3n) is 3.41. The van der Waals surface area contributed by atoms with Crippen LogP contribution < -0.4 is 0 Å². The van der Waals surface area contributed by atoms with Gasteiger partial charge in [0.15, 0.2) is 0 Å². The molecule has 0 aliphatic carbocycles. The number of carboxylic acid groups (broad SMARTS) is 1. The average molecular weight is 263 g/mol. The number of carbonyl (C=O) groups is 1. The van der Waals surface area contributed by atoms with Crippen molar-refractivity contribution in [1.29, 1.82) is 0 Å². The van der Waals surface area contributed by atoms with E-state index in [9.17, 15) is 9.00 Å². The monoisotopic (exact) mass is 263 g/mol. The highest BCUT2D eigenvalue weighted by atomic mass is 32.2. The van der Waals surface area contributed by atoms with Crippen molar-refractivity contribution < 1.29 is 14.1 Å². The lowest BCUT2D eigenvalue weighted by atomic mass is 10.1. The highest BCUT2D eigenvalue weighted by Gasteiger charge is 2.28. The zero-order chi connectivity index (χ0) is 13.7. The van der Waals surface area contributed by atoms with Gasteiger partial charge in [-0.1, -0.05) is 13.8 Å². The highest BCUT2D eigenvalue weighted by molar-refractivity contribution is 7.86. The number of hydrogen-bond donors (Lipinski definition) is 1. The van der Waals surface area contributed by atoms with E-state index in [0.717, 1.165) is 6.42 Å². The molecule has 0 saturated carbocycles. The maximum atomic E-state index is 12.2. The first-order valence-electron chi connectivity index (χ1n) is 5.97. The molecule has 17 heavy (non-hydrogen) atoms. The maximum Gasteiger partial charge on any atom is 0.307 e. The van der Waals surface area contributed by atoms with Crippen LogP contribution in [0.4, 0.5) is 0 Å². The van der Waals surface area contributed by atoms with Crippen LogP contribution in [0.15, 0.2) is 0 Å². The Morgan fingerprint density at radius 2 is 1.71 bits per heavy atom. The lowest BCUT2D eigenvalue weighted by molar-refractivity contribution is -0.141. The van der Waals surface area contributed by atoms with Crippen molar-refractivity contribution in [2.45, 2.75) is 50.7 Å². The van der Waals surface area contributed by atoms with Crippen LogP contribution in [0, 0.1) is 5.92 Å². The molecule has 4 nitrogen and oxygen atoms in total. The summed E-state index contributed by atoms with van der Waals surface area (Å²) in [7, 11) is 2.87. The van der Waals surface area contributed by atoms with Gasteiger partial charge in [-0.2, -0.15) is 0 Å². The topological polar surface area (TPSA) is 57.6 Å². The van der Waals surface area contributed by atoms with Crippen molar-refractivity contribution in [1.82, 2.24) is 4.90 Å². The van der Waals surface area contributed by atoms with Gasteiger partial charge in [0.2, 0.25) is 0 Å². The van der Waals surface area contributed by atoms with Gasteiger partial charge >= 0.3 is 5.97 Å². The molecule has 102 valence electrons. The van der Waals surface area contributed by atoms with E-state index in [2.05, 4.69) is 11.8 Å². The Morgan fingerprint density at radius 3 is 2.06 bits per heavy atom. The minimum absolute atomic E-state index is 0.0178. The normalized spacial score (nSPS) is 20.6. The Morgan fingerprint density at radius 1 is 1.24 bits per heavy atom. The summed E-state index contributed by atoms with van der Waals surface area (Å²) in [5, 5.41) is 8.62. The van der Waals surface area contributed by atoms with E-state index in [1.807, 2.05) is 21.0 Å². The molecule has 0 aromatic heterocycles. The number of nitrogens with zero attached hydrogens (tertiary/aromatic N) is 1. The molecule has 0 fully saturated rings. The van der Waals surface area contributed by atoms with Gasteiger partial charge in [-0.15, -0.1) is 0 Å². The Balaban J connectivity index is 4.45. The summed E-state index contributed by atoms with van der Waals surface area (Å²) in [5.74, 6) is -1.44. The standard InChI is InChI=1S/C12H25NO3S/c1-8(13(5)6)7-9(2)17(16)11(4)10(3)12(14)15/h8-11H,7H2,1-6H3,(H,14,15). The smallest absolute Gasteiger partial charge is 0.307 e. The predicted octanol–water partition coefficient (Wildman–Crippen LogP) is 1.57. The molecule has 0 aliphatic heterocycles. The average Bonchev–Trinajstić information content (AvgIpc) is 2.25. The van der Waals surface area contributed by atoms with Gasteiger partial charge in [-0.05, 0) is 34.4 Å². The number of rotatable bonds is 7. The molecule has 0 aromatic rings. The van der Waals surface area contributed by atoms with Crippen molar-refractivity contribution in [2.75, 3.05) is 14.1 Å². The number of hydrogen-bond acceptors (Lipinski definition) is 3. The molecule has 0 rings (SSSR count). The zero-order valence-electron chi connectivity index (χ0n) is 11.6. The predicted molar refractivity (Wildman–Crippen MR) is 71.6 cm³/mol. The van der Waals surface area contributed by atoms with E-state index < -0.39 is 22.7 Å². The van der Waals surface area contributed by atoms with Gasteiger partial charge in [0.1, 0.15) is 0 Å². The zero-order valence-corrected chi connectivity index (χ0v) is 12.5. The van der Waals surface area contributed by atoms with E-state index >= 15 is 0 Å². The van der Waals surface area contributed by atoms with Gasteiger partial charge in [-0.3, -0.25) is 9.00 Å². The van der Waals surface area contributed by atoms with E-state index in [1.165, 1.54) is 0 Å². The third kappa shape index (κ3) is 5.17. The first-order valence-corrected chi connectivity index (χ1v) is 7.24. The Labute approximate surface area is 107 Å². The highest BCUT2D eigenvalue weighted by Crippen LogP contribution is 2.17. The fraction of sp³-hybridized carbons (Fsp3) is 0.917. The van der Waals surface area contributed by atoms with Crippen molar-refractivity contribution in [3.63, 3.8) is 0 Å². The van der Waals surface area contributed by atoms with Crippen molar-refractivity contribution in [2.24, 2.45) is 5.92 Å². The van der Waals surface area contributed by atoms with E-state index in [-0.39, 0.29) is 10.5 Å². The Hall–Kier alpha value is -0.420. The van der Waals surface area contributed by atoms with E-state index in [1.54, 1.807) is 13.8 Å². The first kappa shape index (κ1) is 16.6. The fourth-order valence-electron chi connectivity index (χ4n) is 1.55. The molecule has 0 aliphatic rings. The second-order valence-electron chi connectivity index (χ2n) is 5.02. The molecule has 0 spiro atoms. The van der Waals surface area contributed by atoms with Crippen molar-refractivity contribution >= 4 is 16.8 Å². The van der Waals surface area contributed by atoms with Gasteiger partial charge in [0.05, 0.1) is 5.92 Å². The van der Waals surface area contributed by atoms with E-state index in [4.69, 9.17) is 5.11 Å². The summed E-state index contributed by atoms with van der Waals surface area (Å²) < 4.78 is 12.2. The molecule has 0 saturated heterocycles. The Kier molecular flexibility index (Phi) is 6.94. The van der Waals surface area contributed by atoms with Crippen LogP contribution in [0.3, 0.4) is 0 Å². The van der Waals surface area contributed by atoms with E-state index in [0.29, 0.717) is 6.04 Å². The molecule has 0 radical (unpaired) electrons. The SMILES string of the molecule is CC(C(=O)O)C(C)S(=O)C(C)CC(C)N(C)C. The minimum Gasteiger partial charge on any atom is -0.481 e. The number of aliphatic carboxylic acids is 1. The van der Waals surface area contributed by atoms with Crippen molar-refractivity contribution in [3.05, 3.63) is 0 Å². The molecule has 5 unspecified atom stereocenters. The fourth-order valence-corrected chi connectivity index (χ4v) is 3.27. The van der Waals surface area contributed by atoms with Crippen LogP contribution in [0.1, 0.15) is 34.1 Å². The van der Waals surface area contributed by atoms with Gasteiger partial charge in [0, 0.05) is 27.3 Å². The summed E-state index contributed by atoms with van der Waals surface area (Å²) in [6.45, 7) is 7.39. The van der Waals surface area contributed by atoms with Gasteiger partial charge in [-0.25, -0.2) is 0 Å². The van der Waals surface area contributed by atoms with Crippen LogP contribution in [-0.2, 0) is 15.6 Å². The first-order chi connectivity index (χ1) is 7.68. The van der Waals surface area contributed by atoms with Gasteiger partial charge < -0.3 is 10.0 Å². The lowest BCUT2D eigenvalue weighted by Gasteiger charge is -2.25. The molecule has 1 N–H and O–H groups in total. The van der Waals surface area contributed by atoms with Crippen LogP contribution in [0.25, 0.3) is 0 Å². The van der Waals surface area contributed by atoms with Crippen LogP contribution in [0.2, 0.25) is 0 Å². The molecule has 0 amide bonds. The minimum atomic E-state index is -1.10. The summed E-state index contributed by atoms with van der Waals surface area (Å²) in [6, 6.07) is 0.348. The number of carboxylic acids is 1. The summed E-state index contributed by atoms with van der Waals surface area (Å²) in [5.41, 5.74) is 0. The molecule has 0 aromatic carbocycles. The molecule has 5 heteroatoms. The molecular formula is C12H25NO3S.